The number of carbonyl (C=O) groups excluding carboxylic acids is 1. The van der Waals surface area contributed by atoms with Gasteiger partial charge in [-0.1, -0.05) is 19.9 Å². The highest BCUT2D eigenvalue weighted by Crippen LogP contribution is 2.39. The fourth-order valence-electron chi connectivity index (χ4n) is 5.56. The fraction of sp³-hybridized carbons (Fsp3) is 0.414. The Hall–Kier alpha value is -4.68. The number of nitrogens with zero attached hydrogens (tertiary/aromatic N) is 9. The normalized spacial score (nSPS) is 17.3. The number of nitrogens with one attached hydrogen (secondary N) is 2. The van der Waals surface area contributed by atoms with Crippen molar-refractivity contribution in [2.45, 2.75) is 59.0 Å². The van der Waals surface area contributed by atoms with Gasteiger partial charge in [-0.25, -0.2) is 19.0 Å². The number of anilines is 3. The Morgan fingerprint density at radius 3 is 2.45 bits per heavy atom. The van der Waals surface area contributed by atoms with E-state index in [1.807, 2.05) is 43.9 Å². The number of carbonyl (C=O) groups is 1. The van der Waals surface area contributed by atoms with E-state index in [4.69, 9.17) is 9.98 Å². The second-order valence-corrected chi connectivity index (χ2v) is 11.3. The van der Waals surface area contributed by atoms with Crippen LogP contribution in [-0.4, -0.2) is 70.2 Å². The summed E-state index contributed by atoms with van der Waals surface area (Å²) in [5.41, 5.74) is 1.84. The third-order valence-corrected chi connectivity index (χ3v) is 7.81. The highest BCUT2D eigenvalue weighted by molar-refractivity contribution is 6.09. The van der Waals surface area contributed by atoms with Crippen molar-refractivity contribution in [1.29, 1.82) is 0 Å². The van der Waals surface area contributed by atoms with Gasteiger partial charge in [0.25, 0.3) is 5.91 Å². The van der Waals surface area contributed by atoms with E-state index in [1.54, 1.807) is 12.3 Å². The molecule has 6 rings (SSSR count). The van der Waals surface area contributed by atoms with Crippen molar-refractivity contribution in [2.75, 3.05) is 23.3 Å². The van der Waals surface area contributed by atoms with E-state index in [-0.39, 0.29) is 17.9 Å². The number of piperidine rings is 1. The van der Waals surface area contributed by atoms with Gasteiger partial charge in [-0.05, 0) is 45.2 Å². The smallest absolute Gasteiger partial charge is 0.256 e. The van der Waals surface area contributed by atoms with Gasteiger partial charge < -0.3 is 10.2 Å². The van der Waals surface area contributed by atoms with Gasteiger partial charge in [-0.15, -0.1) is 0 Å². The predicted octanol–water partition coefficient (Wildman–Crippen LogP) is 4.28. The summed E-state index contributed by atoms with van der Waals surface area (Å²) >= 11 is 0. The third-order valence-electron chi connectivity index (χ3n) is 7.81. The van der Waals surface area contributed by atoms with Crippen LogP contribution >= 0.6 is 0 Å². The molecule has 6 heterocycles. The van der Waals surface area contributed by atoms with Crippen molar-refractivity contribution in [3.8, 4) is 5.82 Å². The summed E-state index contributed by atoms with van der Waals surface area (Å²) in [5, 5.41) is 14.4. The summed E-state index contributed by atoms with van der Waals surface area (Å²) in [5.74, 6) is 2.90. The first-order valence-corrected chi connectivity index (χ1v) is 14.1. The lowest BCUT2D eigenvalue weighted by atomic mass is 9.87. The van der Waals surface area contributed by atoms with Crippen LogP contribution in [0, 0.1) is 25.6 Å². The van der Waals surface area contributed by atoms with Crippen LogP contribution in [-0.2, 0) is 4.79 Å². The Morgan fingerprint density at radius 1 is 1.05 bits per heavy atom. The van der Waals surface area contributed by atoms with Gasteiger partial charge in [0, 0.05) is 48.7 Å². The molecule has 4 aromatic rings. The maximum absolute atomic E-state index is 14.1. The van der Waals surface area contributed by atoms with Crippen molar-refractivity contribution in [1.82, 2.24) is 39.8 Å². The minimum atomic E-state index is -0.818. The number of pyridine rings is 1. The lowest BCUT2D eigenvalue weighted by Gasteiger charge is -2.37. The SMILES string of the molecule is Cc1cc(Nc2cc(C)[nH]n2)nc(N2CCC3(CC2)N=C(C(C)C)N([C@@H](C)c2ccc(-n4cc(F)cn4)nc2)C3=O)n1. The van der Waals surface area contributed by atoms with Crippen LogP contribution in [0.1, 0.15) is 56.6 Å². The van der Waals surface area contributed by atoms with Gasteiger partial charge >= 0.3 is 0 Å². The molecule has 1 fully saturated rings. The quantitative estimate of drug-likeness (QED) is 0.336. The van der Waals surface area contributed by atoms with Gasteiger partial charge in [-0.2, -0.15) is 15.2 Å². The van der Waals surface area contributed by atoms with Crippen molar-refractivity contribution < 1.29 is 9.18 Å². The Kier molecular flexibility index (Phi) is 6.95. The number of amides is 1. The highest BCUT2D eigenvalue weighted by atomic mass is 19.1. The van der Waals surface area contributed by atoms with E-state index in [0.29, 0.717) is 49.3 Å². The average molecular weight is 572 g/mol. The number of H-pyrrole nitrogens is 1. The van der Waals surface area contributed by atoms with Gasteiger partial charge in [0.05, 0.1) is 18.4 Å². The molecule has 1 atom stereocenters. The van der Waals surface area contributed by atoms with Gasteiger partial charge in [0.15, 0.2) is 17.5 Å². The average Bonchev–Trinajstić information content (AvgIpc) is 3.66. The largest absolute Gasteiger partial charge is 0.341 e. The summed E-state index contributed by atoms with van der Waals surface area (Å²) in [6, 6.07) is 7.20. The molecule has 0 saturated carbocycles. The Morgan fingerprint density at radius 2 is 1.83 bits per heavy atom. The summed E-state index contributed by atoms with van der Waals surface area (Å²) in [4.78, 5) is 37.1. The molecule has 0 aliphatic carbocycles. The van der Waals surface area contributed by atoms with E-state index in [9.17, 15) is 9.18 Å². The lowest BCUT2D eigenvalue weighted by molar-refractivity contribution is -0.133. The molecule has 12 nitrogen and oxygen atoms in total. The standard InChI is InChI=1S/C29H34FN11O/c1-17(2)26-36-29(27(42)41(26)20(5)21-6-7-25(31-14-21)40-16-22(30)15-32-40)8-10-39(11-9-29)28-33-18(3)12-23(35-28)34-24-13-19(4)37-38-24/h6-7,12-17,20H,8-11H2,1-5H3,(H2,33,34,35,37,38)/t20-/m0/s1. The topological polar surface area (TPSA) is 133 Å². The Balaban J connectivity index is 1.19. The van der Waals surface area contributed by atoms with E-state index in [0.717, 1.165) is 29.0 Å². The second kappa shape index (κ2) is 10.6. The minimum absolute atomic E-state index is 0.0120. The molecule has 2 N–H and O–H groups in total. The van der Waals surface area contributed by atoms with Crippen LogP contribution in [0.25, 0.3) is 5.82 Å². The zero-order valence-electron chi connectivity index (χ0n) is 24.3. The van der Waals surface area contributed by atoms with Gasteiger partial charge in [0.2, 0.25) is 5.95 Å². The highest BCUT2D eigenvalue weighted by Gasteiger charge is 2.51. The number of hydrogen-bond donors (Lipinski definition) is 2. The van der Waals surface area contributed by atoms with E-state index >= 15 is 0 Å². The van der Waals surface area contributed by atoms with Crippen molar-refractivity contribution in [3.63, 3.8) is 0 Å². The summed E-state index contributed by atoms with van der Waals surface area (Å²) < 4.78 is 14.8. The maximum atomic E-state index is 14.1. The molecule has 0 bridgehead atoms. The van der Waals surface area contributed by atoms with Crippen molar-refractivity contribution in [2.24, 2.45) is 10.9 Å². The summed E-state index contributed by atoms with van der Waals surface area (Å²) in [6.07, 6.45) is 5.25. The number of amidine groups is 1. The number of aliphatic imine (C=N–C) groups is 1. The molecule has 42 heavy (non-hydrogen) atoms. The maximum Gasteiger partial charge on any atom is 0.256 e. The van der Waals surface area contributed by atoms with Gasteiger partial charge in [-0.3, -0.25) is 19.8 Å². The molecule has 0 aromatic carbocycles. The predicted molar refractivity (Wildman–Crippen MR) is 156 cm³/mol. The Labute approximate surface area is 243 Å². The molecule has 1 saturated heterocycles. The molecule has 13 heteroatoms. The molecule has 1 amide bonds. The molecule has 0 unspecified atom stereocenters. The first-order valence-electron chi connectivity index (χ1n) is 14.1. The lowest BCUT2D eigenvalue weighted by Crippen LogP contribution is -2.51. The molecular weight excluding hydrogens is 537 g/mol. The minimum Gasteiger partial charge on any atom is -0.341 e. The molecule has 2 aliphatic heterocycles. The summed E-state index contributed by atoms with van der Waals surface area (Å²) in [7, 11) is 0. The summed E-state index contributed by atoms with van der Waals surface area (Å²) in [6.45, 7) is 11.2. The van der Waals surface area contributed by atoms with Crippen molar-refractivity contribution in [3.05, 3.63) is 65.6 Å². The molecule has 218 valence electrons. The first kappa shape index (κ1) is 27.5. The molecule has 1 spiro atoms. The number of rotatable bonds is 7. The number of aromatic nitrogens is 7. The molecular formula is C29H34FN11O. The molecule has 2 aliphatic rings. The van der Waals surface area contributed by atoms with Crippen molar-refractivity contribution >= 4 is 29.3 Å². The van der Waals surface area contributed by atoms with Crippen LogP contribution in [0.5, 0.6) is 0 Å². The fourth-order valence-corrected chi connectivity index (χ4v) is 5.56. The monoisotopic (exact) mass is 571 g/mol. The van der Waals surface area contributed by atoms with Crippen LogP contribution in [0.3, 0.4) is 0 Å². The number of halogens is 1. The van der Waals surface area contributed by atoms with E-state index < -0.39 is 11.4 Å². The zero-order chi connectivity index (χ0) is 29.6. The third kappa shape index (κ3) is 5.10. The molecule has 0 radical (unpaired) electrons. The van der Waals surface area contributed by atoms with Crippen LogP contribution < -0.4 is 10.2 Å². The Bertz CT molecular complexity index is 1630. The number of aryl methyl sites for hydroxylation is 2. The molecule has 4 aromatic heterocycles. The zero-order valence-corrected chi connectivity index (χ0v) is 24.3. The number of aromatic amines is 1. The van der Waals surface area contributed by atoms with E-state index in [1.165, 1.54) is 10.9 Å². The van der Waals surface area contributed by atoms with E-state index in [2.05, 4.69) is 49.3 Å². The van der Waals surface area contributed by atoms with Crippen LogP contribution in [0.15, 0.2) is 47.8 Å². The second-order valence-electron chi connectivity index (χ2n) is 11.3. The van der Waals surface area contributed by atoms with Crippen LogP contribution in [0.4, 0.5) is 22.0 Å². The van der Waals surface area contributed by atoms with Crippen LogP contribution in [0.2, 0.25) is 0 Å². The first-order chi connectivity index (χ1) is 20.1. The van der Waals surface area contributed by atoms with Gasteiger partial charge in [0.1, 0.15) is 17.2 Å². The number of hydrogen-bond acceptors (Lipinski definition) is 9.